The zero-order chi connectivity index (χ0) is 17.4. The summed E-state index contributed by atoms with van der Waals surface area (Å²) in [6.07, 6.45) is 8.31. The number of hydrogen-bond donors (Lipinski definition) is 1. The number of hydrogen-bond acceptors (Lipinski definition) is 5. The fourth-order valence-electron chi connectivity index (χ4n) is 2.41. The van der Waals surface area contributed by atoms with Crippen LogP contribution in [0.4, 0.5) is 5.69 Å². The highest BCUT2D eigenvalue weighted by molar-refractivity contribution is 7.92. The quantitative estimate of drug-likeness (QED) is 0.604. The van der Waals surface area contributed by atoms with Crippen molar-refractivity contribution in [3.05, 3.63) is 61.4 Å². The van der Waals surface area contributed by atoms with E-state index in [1.54, 1.807) is 42.1 Å². The van der Waals surface area contributed by atoms with Gasteiger partial charge in [0.1, 0.15) is 0 Å². The van der Waals surface area contributed by atoms with Crippen molar-refractivity contribution in [2.24, 2.45) is 7.05 Å². The molecule has 0 saturated carbocycles. The van der Waals surface area contributed by atoms with E-state index in [0.717, 1.165) is 11.3 Å². The summed E-state index contributed by atoms with van der Waals surface area (Å²) in [6, 6.07) is 8.81. The van der Waals surface area contributed by atoms with Crippen LogP contribution in [-0.4, -0.2) is 32.3 Å². The van der Waals surface area contributed by atoms with Crippen LogP contribution in [0, 0.1) is 0 Å². The highest BCUT2D eigenvalue weighted by atomic mass is 32.2. The van der Waals surface area contributed by atoms with Crippen molar-refractivity contribution in [1.82, 2.24) is 23.9 Å². The third-order valence-electron chi connectivity index (χ3n) is 3.62. The van der Waals surface area contributed by atoms with Crippen LogP contribution in [0.15, 0.2) is 66.5 Å². The van der Waals surface area contributed by atoms with Gasteiger partial charge in [-0.1, -0.05) is 12.1 Å². The van der Waals surface area contributed by atoms with Gasteiger partial charge in [0.05, 0.1) is 12.0 Å². The Bertz CT molecular complexity index is 1110. The molecule has 0 aliphatic heterocycles. The molecule has 0 bridgehead atoms. The first-order valence-electron chi connectivity index (χ1n) is 7.42. The molecule has 4 rings (SSSR count). The Morgan fingerprint density at radius 3 is 2.56 bits per heavy atom. The van der Waals surface area contributed by atoms with Gasteiger partial charge in [-0.25, -0.2) is 15.0 Å². The van der Waals surface area contributed by atoms with Crippen molar-refractivity contribution in [3.8, 4) is 11.3 Å². The monoisotopic (exact) mass is 354 g/mol. The largest absolute Gasteiger partial charge is 0.339 e. The number of rotatable bonds is 4. The summed E-state index contributed by atoms with van der Waals surface area (Å²) < 4.78 is 30.5. The van der Waals surface area contributed by atoms with Crippen molar-refractivity contribution >= 4 is 21.5 Å². The summed E-state index contributed by atoms with van der Waals surface area (Å²) >= 11 is 0. The normalized spacial score (nSPS) is 11.7. The predicted molar refractivity (Wildman–Crippen MR) is 92.4 cm³/mol. The van der Waals surface area contributed by atoms with Gasteiger partial charge >= 0.3 is 0 Å². The second-order valence-electron chi connectivity index (χ2n) is 5.51. The van der Waals surface area contributed by atoms with Crippen LogP contribution in [-0.2, 0) is 17.1 Å². The Balaban J connectivity index is 1.59. The van der Waals surface area contributed by atoms with Gasteiger partial charge in [-0.15, -0.1) is 0 Å². The number of fused-ring (bicyclic) bond motifs is 1. The Labute approximate surface area is 143 Å². The molecule has 0 atom stereocenters. The molecule has 1 N–H and O–H groups in total. The Morgan fingerprint density at radius 1 is 1.08 bits per heavy atom. The van der Waals surface area contributed by atoms with Crippen molar-refractivity contribution in [1.29, 1.82) is 0 Å². The van der Waals surface area contributed by atoms with Crippen LogP contribution in [0.2, 0.25) is 0 Å². The fraction of sp³-hybridized carbons (Fsp3) is 0.0625. The van der Waals surface area contributed by atoms with E-state index in [1.165, 1.54) is 12.5 Å². The number of aryl methyl sites for hydroxylation is 1. The summed E-state index contributed by atoms with van der Waals surface area (Å²) in [5, 5.41) is -0.0227. The molecule has 25 heavy (non-hydrogen) atoms. The standard InChI is InChI=1S/C16H14N6O2S/c1-21-10-15(18-11-21)25(23,24)20-13-5-3-12(4-6-13)14-9-22-8-2-7-17-16(22)19-14/h2-11,20H,1H3. The molecule has 0 fully saturated rings. The maximum atomic E-state index is 12.3. The zero-order valence-corrected chi connectivity index (χ0v) is 14.1. The number of sulfonamides is 1. The molecule has 0 radical (unpaired) electrons. The molecule has 0 spiro atoms. The third kappa shape index (κ3) is 2.96. The summed E-state index contributed by atoms with van der Waals surface area (Å²) in [5.74, 6) is 0.609. The van der Waals surface area contributed by atoms with E-state index in [-0.39, 0.29) is 5.03 Å². The number of nitrogens with zero attached hydrogens (tertiary/aromatic N) is 5. The van der Waals surface area contributed by atoms with Gasteiger partial charge in [-0.2, -0.15) is 8.42 Å². The molecular formula is C16H14N6O2S. The second kappa shape index (κ2) is 5.71. The van der Waals surface area contributed by atoms with Gasteiger partial charge < -0.3 is 4.57 Å². The van der Waals surface area contributed by atoms with E-state index >= 15 is 0 Å². The van der Waals surface area contributed by atoms with Gasteiger partial charge in [0, 0.05) is 43.1 Å². The Kier molecular flexibility index (Phi) is 3.50. The lowest BCUT2D eigenvalue weighted by atomic mass is 10.1. The summed E-state index contributed by atoms with van der Waals surface area (Å²) in [4.78, 5) is 12.5. The van der Waals surface area contributed by atoms with Gasteiger partial charge in [0.2, 0.25) is 5.78 Å². The van der Waals surface area contributed by atoms with E-state index in [0.29, 0.717) is 11.5 Å². The molecule has 126 valence electrons. The van der Waals surface area contributed by atoms with E-state index in [2.05, 4.69) is 19.7 Å². The van der Waals surface area contributed by atoms with Gasteiger partial charge in [-0.05, 0) is 18.2 Å². The summed E-state index contributed by atoms with van der Waals surface area (Å²) in [7, 11) is -1.99. The zero-order valence-electron chi connectivity index (χ0n) is 13.2. The molecule has 0 aliphatic carbocycles. The first-order valence-corrected chi connectivity index (χ1v) is 8.90. The second-order valence-corrected chi connectivity index (χ2v) is 7.14. The summed E-state index contributed by atoms with van der Waals surface area (Å²) in [6.45, 7) is 0. The molecule has 3 heterocycles. The van der Waals surface area contributed by atoms with Crippen LogP contribution in [0.25, 0.3) is 17.0 Å². The lowest BCUT2D eigenvalue weighted by Gasteiger charge is -2.06. The predicted octanol–water partition coefficient (Wildman–Crippen LogP) is 1.93. The molecule has 0 saturated heterocycles. The molecule has 3 aromatic heterocycles. The minimum Gasteiger partial charge on any atom is -0.339 e. The van der Waals surface area contributed by atoms with Crippen LogP contribution in [0.1, 0.15) is 0 Å². The van der Waals surface area contributed by atoms with E-state index in [4.69, 9.17) is 0 Å². The molecule has 1 aromatic carbocycles. The lowest BCUT2D eigenvalue weighted by molar-refractivity contribution is 0.598. The van der Waals surface area contributed by atoms with Crippen LogP contribution >= 0.6 is 0 Å². The number of anilines is 1. The minimum atomic E-state index is -3.70. The molecule has 0 unspecified atom stereocenters. The van der Waals surface area contributed by atoms with Crippen molar-refractivity contribution < 1.29 is 8.42 Å². The average molecular weight is 354 g/mol. The SMILES string of the molecule is Cn1cnc(S(=O)(=O)Nc2ccc(-c3cn4cccnc4n3)cc2)c1. The topological polar surface area (TPSA) is 94.2 Å². The number of aromatic nitrogens is 5. The molecule has 9 heteroatoms. The highest BCUT2D eigenvalue weighted by Gasteiger charge is 2.17. The maximum Gasteiger partial charge on any atom is 0.280 e. The third-order valence-corrected chi connectivity index (χ3v) is 4.89. The minimum absolute atomic E-state index is 0.0227. The number of benzene rings is 1. The molecule has 0 amide bonds. The van der Waals surface area contributed by atoms with E-state index < -0.39 is 10.0 Å². The fourth-order valence-corrected chi connectivity index (χ4v) is 3.46. The van der Waals surface area contributed by atoms with Crippen LogP contribution in [0.3, 0.4) is 0 Å². The highest BCUT2D eigenvalue weighted by Crippen LogP contribution is 2.22. The van der Waals surface area contributed by atoms with Crippen LogP contribution < -0.4 is 4.72 Å². The van der Waals surface area contributed by atoms with Gasteiger partial charge in [0.15, 0.2) is 5.03 Å². The van der Waals surface area contributed by atoms with Crippen molar-refractivity contribution in [3.63, 3.8) is 0 Å². The first kappa shape index (κ1) is 15.3. The molecule has 0 aliphatic rings. The Morgan fingerprint density at radius 2 is 1.88 bits per heavy atom. The van der Waals surface area contributed by atoms with E-state index in [1.807, 2.05) is 22.9 Å². The average Bonchev–Trinajstić information content (AvgIpc) is 3.21. The first-order chi connectivity index (χ1) is 12.0. The number of nitrogens with one attached hydrogen (secondary N) is 1. The Hall–Kier alpha value is -3.20. The smallest absolute Gasteiger partial charge is 0.280 e. The summed E-state index contributed by atoms with van der Waals surface area (Å²) in [5.41, 5.74) is 2.08. The van der Waals surface area contributed by atoms with Crippen molar-refractivity contribution in [2.45, 2.75) is 5.03 Å². The lowest BCUT2D eigenvalue weighted by Crippen LogP contribution is -2.13. The molecule has 4 aromatic rings. The van der Waals surface area contributed by atoms with Gasteiger partial charge in [-0.3, -0.25) is 9.12 Å². The molecule has 8 nitrogen and oxygen atoms in total. The van der Waals surface area contributed by atoms with Gasteiger partial charge in [0.25, 0.3) is 10.0 Å². The van der Waals surface area contributed by atoms with Crippen molar-refractivity contribution in [2.75, 3.05) is 4.72 Å². The number of imidazole rings is 2. The van der Waals surface area contributed by atoms with E-state index in [9.17, 15) is 8.42 Å². The maximum absolute atomic E-state index is 12.3. The molecular weight excluding hydrogens is 340 g/mol. The van der Waals surface area contributed by atoms with Crippen LogP contribution in [0.5, 0.6) is 0 Å².